The highest BCUT2D eigenvalue weighted by Crippen LogP contribution is 2.18. The molecule has 1 heterocycles. The van der Waals surface area contributed by atoms with E-state index in [4.69, 9.17) is 10.7 Å². The lowest BCUT2D eigenvalue weighted by molar-refractivity contribution is 0.842. The van der Waals surface area contributed by atoms with E-state index in [-0.39, 0.29) is 0 Å². The first kappa shape index (κ1) is 16.0. The quantitative estimate of drug-likeness (QED) is 0.861. The largest absolute Gasteiger partial charge is 0.355 e. The number of nitrogens with zero attached hydrogens (tertiary/aromatic N) is 2. The summed E-state index contributed by atoms with van der Waals surface area (Å²) in [5.74, 6) is 0.990. The van der Waals surface area contributed by atoms with Gasteiger partial charge in [0.05, 0.1) is 0 Å². The maximum atomic E-state index is 5.80. The van der Waals surface area contributed by atoms with Crippen LogP contribution in [0.25, 0.3) is 0 Å². The summed E-state index contributed by atoms with van der Waals surface area (Å²) < 4.78 is 1.10. The monoisotopic (exact) mass is 347 g/mol. The third-order valence-corrected chi connectivity index (χ3v) is 3.92. The molecule has 0 bridgehead atoms. The highest BCUT2D eigenvalue weighted by molar-refractivity contribution is 9.10. The summed E-state index contributed by atoms with van der Waals surface area (Å²) >= 11 is 3.46. The van der Waals surface area contributed by atoms with Crippen LogP contribution in [0.15, 0.2) is 40.9 Å². The molecule has 0 unspecified atom stereocenters. The van der Waals surface area contributed by atoms with Crippen LogP contribution in [-0.2, 0) is 19.5 Å². The molecule has 1 aromatic heterocycles. The molecule has 0 saturated heterocycles. The Morgan fingerprint density at radius 1 is 1.14 bits per heavy atom. The van der Waals surface area contributed by atoms with Gasteiger partial charge in [-0.15, -0.1) is 0 Å². The fourth-order valence-electron chi connectivity index (χ4n) is 2.28. The van der Waals surface area contributed by atoms with Crippen LogP contribution in [-0.4, -0.2) is 12.0 Å². The van der Waals surface area contributed by atoms with E-state index in [0.717, 1.165) is 40.9 Å². The summed E-state index contributed by atoms with van der Waals surface area (Å²) in [6.07, 6.45) is 2.09. The fraction of sp³-hybridized carbons (Fsp3) is 0.353. The number of rotatable bonds is 6. The minimum atomic E-state index is 0.554. The van der Waals surface area contributed by atoms with Crippen molar-refractivity contribution >= 4 is 21.7 Å². The third-order valence-electron chi connectivity index (χ3n) is 3.39. The number of aryl methyl sites for hydroxylation is 1. The lowest BCUT2D eigenvalue weighted by Gasteiger charge is -2.20. The second-order valence-corrected chi connectivity index (χ2v) is 6.18. The average Bonchev–Trinajstić information content (AvgIpc) is 2.49. The van der Waals surface area contributed by atoms with E-state index in [9.17, 15) is 0 Å². The van der Waals surface area contributed by atoms with E-state index < -0.39 is 0 Å². The number of hydrogen-bond acceptors (Lipinski definition) is 3. The Bertz CT molecular complexity index is 581. The van der Waals surface area contributed by atoms with Gasteiger partial charge >= 0.3 is 0 Å². The number of aromatic nitrogens is 1. The Morgan fingerprint density at radius 2 is 1.86 bits per heavy atom. The van der Waals surface area contributed by atoms with Crippen LogP contribution in [0.1, 0.15) is 30.2 Å². The van der Waals surface area contributed by atoms with Gasteiger partial charge in [0.15, 0.2) is 0 Å². The second kappa shape index (κ2) is 7.57. The zero-order valence-electron chi connectivity index (χ0n) is 12.6. The molecule has 0 saturated carbocycles. The van der Waals surface area contributed by atoms with Crippen LogP contribution in [0.5, 0.6) is 0 Å². The van der Waals surface area contributed by atoms with E-state index in [1.807, 2.05) is 0 Å². The molecule has 0 aliphatic rings. The summed E-state index contributed by atoms with van der Waals surface area (Å²) in [6.45, 7) is 3.56. The van der Waals surface area contributed by atoms with Crippen molar-refractivity contribution in [2.45, 2.75) is 32.9 Å². The van der Waals surface area contributed by atoms with Gasteiger partial charge in [-0.1, -0.05) is 41.4 Å². The Morgan fingerprint density at radius 3 is 2.48 bits per heavy atom. The molecule has 0 atom stereocenters. The van der Waals surface area contributed by atoms with Gasteiger partial charge in [-0.25, -0.2) is 4.98 Å². The molecule has 0 aliphatic heterocycles. The molecule has 0 amide bonds. The van der Waals surface area contributed by atoms with E-state index in [1.54, 1.807) is 0 Å². The second-order valence-electron chi connectivity index (χ2n) is 5.26. The number of nitrogens with two attached hydrogens (primary N) is 1. The van der Waals surface area contributed by atoms with E-state index in [1.165, 1.54) is 5.56 Å². The Kier molecular flexibility index (Phi) is 5.76. The van der Waals surface area contributed by atoms with Crippen molar-refractivity contribution in [2.75, 3.05) is 11.9 Å². The van der Waals surface area contributed by atoms with Crippen molar-refractivity contribution in [3.8, 4) is 0 Å². The molecule has 112 valence electrons. The first-order valence-corrected chi connectivity index (χ1v) is 8.07. The first-order valence-electron chi connectivity index (χ1n) is 7.28. The van der Waals surface area contributed by atoms with Gasteiger partial charge in [0.2, 0.25) is 0 Å². The molecule has 0 aliphatic carbocycles. The van der Waals surface area contributed by atoms with Crippen LogP contribution in [0.3, 0.4) is 0 Å². The number of anilines is 1. The molecule has 0 spiro atoms. The lowest BCUT2D eigenvalue weighted by atomic mass is 10.1. The van der Waals surface area contributed by atoms with Crippen molar-refractivity contribution in [1.29, 1.82) is 0 Å². The summed E-state index contributed by atoms with van der Waals surface area (Å²) in [5, 5.41) is 0. The molecular weight excluding hydrogens is 326 g/mol. The third kappa shape index (κ3) is 4.55. The molecule has 21 heavy (non-hydrogen) atoms. The molecule has 0 radical (unpaired) electrons. The first-order chi connectivity index (χ1) is 10.1. The fourth-order valence-corrected chi connectivity index (χ4v) is 2.54. The molecule has 3 nitrogen and oxygen atoms in total. The minimum Gasteiger partial charge on any atom is -0.355 e. The van der Waals surface area contributed by atoms with Crippen molar-refractivity contribution in [1.82, 2.24) is 4.98 Å². The summed E-state index contributed by atoms with van der Waals surface area (Å²) in [5.41, 5.74) is 9.33. The van der Waals surface area contributed by atoms with Crippen LogP contribution in [0.4, 0.5) is 5.82 Å². The Balaban J connectivity index is 2.19. The number of benzene rings is 1. The van der Waals surface area contributed by atoms with Crippen LogP contribution in [0.2, 0.25) is 0 Å². The molecule has 0 fully saturated rings. The van der Waals surface area contributed by atoms with Gasteiger partial charge < -0.3 is 10.6 Å². The van der Waals surface area contributed by atoms with Crippen molar-refractivity contribution in [3.63, 3.8) is 0 Å². The minimum absolute atomic E-state index is 0.554. The molecule has 1 aromatic carbocycles. The molecule has 2 aromatic rings. The molecule has 4 heteroatoms. The number of hydrogen-bond donors (Lipinski definition) is 1. The van der Waals surface area contributed by atoms with E-state index >= 15 is 0 Å². The van der Waals surface area contributed by atoms with Gasteiger partial charge in [-0.3, -0.25) is 0 Å². The number of halogens is 1. The molecule has 2 rings (SSSR count). The van der Waals surface area contributed by atoms with Gasteiger partial charge in [-0.05, 0) is 41.8 Å². The summed E-state index contributed by atoms with van der Waals surface area (Å²) in [4.78, 5) is 6.91. The summed E-state index contributed by atoms with van der Waals surface area (Å²) in [6, 6.07) is 12.6. The summed E-state index contributed by atoms with van der Waals surface area (Å²) in [7, 11) is 2.07. The van der Waals surface area contributed by atoms with Crippen molar-refractivity contribution in [3.05, 3.63) is 57.7 Å². The maximum absolute atomic E-state index is 5.80. The van der Waals surface area contributed by atoms with Gasteiger partial charge in [0.25, 0.3) is 0 Å². The lowest BCUT2D eigenvalue weighted by Crippen LogP contribution is -2.19. The highest BCUT2D eigenvalue weighted by atomic mass is 79.9. The number of pyridine rings is 1. The van der Waals surface area contributed by atoms with Crippen LogP contribution in [0, 0.1) is 0 Å². The zero-order valence-corrected chi connectivity index (χ0v) is 14.2. The van der Waals surface area contributed by atoms with E-state index in [2.05, 4.69) is 71.2 Å². The highest BCUT2D eigenvalue weighted by Gasteiger charge is 2.07. The average molecular weight is 348 g/mol. The maximum Gasteiger partial charge on any atom is 0.129 e. The molecule has 2 N–H and O–H groups in total. The van der Waals surface area contributed by atoms with Crippen molar-refractivity contribution in [2.24, 2.45) is 5.73 Å². The van der Waals surface area contributed by atoms with Gasteiger partial charge in [-0.2, -0.15) is 0 Å². The standard InChI is InChI=1S/C17H22BrN3/c1-3-4-16-9-14(11-19)10-17(20-16)21(2)12-13-5-7-15(18)8-6-13/h5-10H,3-4,11-12,19H2,1-2H3. The SMILES string of the molecule is CCCc1cc(CN)cc(N(C)Cc2ccc(Br)cc2)n1. The molecular formula is C17H22BrN3. The van der Waals surface area contributed by atoms with Gasteiger partial charge in [0, 0.05) is 30.3 Å². The normalized spacial score (nSPS) is 10.7. The Labute approximate surface area is 135 Å². The van der Waals surface area contributed by atoms with Crippen LogP contribution < -0.4 is 10.6 Å². The van der Waals surface area contributed by atoms with Crippen molar-refractivity contribution < 1.29 is 0 Å². The topological polar surface area (TPSA) is 42.1 Å². The van der Waals surface area contributed by atoms with Gasteiger partial charge in [0.1, 0.15) is 5.82 Å². The predicted molar refractivity (Wildman–Crippen MR) is 92.4 cm³/mol. The zero-order chi connectivity index (χ0) is 15.2. The predicted octanol–water partition coefficient (Wildman–Crippen LogP) is 3.89. The smallest absolute Gasteiger partial charge is 0.129 e. The van der Waals surface area contributed by atoms with E-state index in [0.29, 0.717) is 6.54 Å². The Hall–Kier alpha value is -1.39. The van der Waals surface area contributed by atoms with Crippen LogP contribution >= 0.6 is 15.9 Å².